The number of amidine groups is 1. The second-order valence-electron chi connectivity index (χ2n) is 8.59. The van der Waals surface area contributed by atoms with Crippen LogP contribution in [0, 0.1) is 0 Å². The molecule has 0 saturated heterocycles. The number of nitrogens with zero attached hydrogens (tertiary/aromatic N) is 2. The van der Waals surface area contributed by atoms with Gasteiger partial charge in [-0.2, -0.15) is 0 Å². The van der Waals surface area contributed by atoms with Crippen LogP contribution in [0.5, 0.6) is 0 Å². The van der Waals surface area contributed by atoms with Crippen molar-refractivity contribution in [2.75, 3.05) is 29.5 Å². The molecule has 0 aliphatic heterocycles. The van der Waals surface area contributed by atoms with Gasteiger partial charge in [-0.25, -0.2) is 9.78 Å². The van der Waals surface area contributed by atoms with E-state index in [9.17, 15) is 4.79 Å². The van der Waals surface area contributed by atoms with Crippen LogP contribution >= 0.6 is 11.3 Å². The number of nitrogens with one attached hydrogen (secondary N) is 3. The Morgan fingerprint density at radius 2 is 1.56 bits per heavy atom. The Kier molecular flexibility index (Phi) is 7.99. The number of rotatable bonds is 9. The van der Waals surface area contributed by atoms with Crippen molar-refractivity contribution >= 4 is 39.9 Å². The lowest BCUT2D eigenvalue weighted by atomic mass is 9.97. The molecule has 8 nitrogen and oxygen atoms in total. The monoisotopic (exact) mass is 536 g/mol. The van der Waals surface area contributed by atoms with Gasteiger partial charge in [0.1, 0.15) is 11.6 Å². The number of para-hydroxylation sites is 1. The molecule has 2 amide bonds. The maximum Gasteiger partial charge on any atom is 0.325 e. The van der Waals surface area contributed by atoms with Crippen LogP contribution in [-0.4, -0.2) is 30.4 Å². The zero-order valence-corrected chi connectivity index (χ0v) is 22.2. The summed E-state index contributed by atoms with van der Waals surface area (Å²) in [6.07, 6.45) is 2.37. The number of hydrogen-bond donors (Lipinski definition) is 4. The molecular weight excluding hydrogens is 508 g/mol. The summed E-state index contributed by atoms with van der Waals surface area (Å²) in [6, 6.07) is 28.9. The third-order valence-corrected chi connectivity index (χ3v) is 6.91. The van der Waals surface area contributed by atoms with E-state index in [2.05, 4.69) is 20.9 Å². The average Bonchev–Trinajstić information content (AvgIpc) is 3.59. The molecule has 2 aromatic heterocycles. The summed E-state index contributed by atoms with van der Waals surface area (Å²) in [5, 5.41) is 9.21. The summed E-state index contributed by atoms with van der Waals surface area (Å²) in [6.45, 7) is 0.451. The van der Waals surface area contributed by atoms with E-state index in [0.29, 0.717) is 35.5 Å². The quantitative estimate of drug-likeness (QED) is 0.123. The van der Waals surface area contributed by atoms with Crippen LogP contribution in [0.25, 0.3) is 22.5 Å². The molecule has 0 bridgehead atoms. The number of carbonyl (C=O) groups is 1. The lowest BCUT2D eigenvalue weighted by Gasteiger charge is -2.07. The van der Waals surface area contributed by atoms with Crippen LogP contribution in [0.2, 0.25) is 0 Å². The Hall–Kier alpha value is -4.89. The van der Waals surface area contributed by atoms with E-state index in [4.69, 9.17) is 15.1 Å². The van der Waals surface area contributed by atoms with Crippen molar-refractivity contribution < 1.29 is 9.21 Å². The molecule has 0 fully saturated rings. The van der Waals surface area contributed by atoms with Crippen LogP contribution in [-0.2, 0) is 6.42 Å². The van der Waals surface area contributed by atoms with E-state index in [1.54, 1.807) is 13.2 Å². The lowest BCUT2D eigenvalue weighted by molar-refractivity contribution is 0.262. The van der Waals surface area contributed by atoms with Crippen LogP contribution < -0.4 is 21.7 Å². The second-order valence-corrected chi connectivity index (χ2v) is 9.70. The predicted molar refractivity (Wildman–Crippen MR) is 160 cm³/mol. The van der Waals surface area contributed by atoms with Crippen molar-refractivity contribution in [3.63, 3.8) is 0 Å². The van der Waals surface area contributed by atoms with Gasteiger partial charge in [-0.05, 0) is 17.7 Å². The fraction of sp³-hybridized carbons (Fsp3) is 0.100. The molecule has 0 saturated carbocycles. The van der Waals surface area contributed by atoms with Gasteiger partial charge < -0.3 is 20.8 Å². The first-order valence-corrected chi connectivity index (χ1v) is 13.3. The Labute approximate surface area is 230 Å². The molecule has 9 heteroatoms. The van der Waals surface area contributed by atoms with E-state index in [1.807, 2.05) is 91.0 Å². The molecule has 0 atom stereocenters. The third-order valence-electron chi connectivity index (χ3n) is 5.94. The van der Waals surface area contributed by atoms with Gasteiger partial charge >= 0.3 is 6.03 Å². The van der Waals surface area contributed by atoms with Crippen molar-refractivity contribution in [2.24, 2.45) is 10.7 Å². The summed E-state index contributed by atoms with van der Waals surface area (Å²) in [5.74, 6) is 1.67. The van der Waals surface area contributed by atoms with Crippen LogP contribution in [0.15, 0.2) is 107 Å². The summed E-state index contributed by atoms with van der Waals surface area (Å²) < 4.78 is 6.28. The van der Waals surface area contributed by atoms with Gasteiger partial charge in [0.25, 0.3) is 0 Å². The normalized spacial score (nSPS) is 11.3. The predicted octanol–water partition coefficient (Wildman–Crippen LogP) is 6.70. The Balaban J connectivity index is 1.33. The third kappa shape index (κ3) is 6.16. The van der Waals surface area contributed by atoms with Crippen molar-refractivity contribution in [1.29, 1.82) is 0 Å². The highest BCUT2D eigenvalue weighted by Crippen LogP contribution is 2.41. The van der Waals surface area contributed by atoms with Gasteiger partial charge in [-0.15, -0.1) is 11.3 Å². The minimum absolute atomic E-state index is 0.341. The van der Waals surface area contributed by atoms with Crippen LogP contribution in [0.4, 0.5) is 21.5 Å². The minimum atomic E-state index is -0.341. The highest BCUT2D eigenvalue weighted by Gasteiger charge is 2.24. The molecule has 0 radical (unpaired) electrons. The number of amides is 2. The van der Waals surface area contributed by atoms with E-state index in [1.165, 1.54) is 11.3 Å². The smallest absolute Gasteiger partial charge is 0.325 e. The van der Waals surface area contributed by atoms with E-state index in [0.717, 1.165) is 32.9 Å². The first-order chi connectivity index (χ1) is 19.1. The minimum Gasteiger partial charge on any atom is -0.439 e. The first kappa shape index (κ1) is 25.7. The fourth-order valence-electron chi connectivity index (χ4n) is 4.15. The Morgan fingerprint density at radius 1 is 0.923 bits per heavy atom. The Bertz CT molecular complexity index is 1560. The average molecular weight is 537 g/mol. The lowest BCUT2D eigenvalue weighted by Crippen LogP contribution is -2.19. The van der Waals surface area contributed by atoms with Crippen molar-refractivity contribution in [3.8, 4) is 22.5 Å². The van der Waals surface area contributed by atoms with Gasteiger partial charge in [0.15, 0.2) is 5.13 Å². The number of aromatic nitrogens is 1. The summed E-state index contributed by atoms with van der Waals surface area (Å²) in [4.78, 5) is 22.2. The number of furan rings is 1. The molecule has 5 aromatic rings. The zero-order chi connectivity index (χ0) is 27.0. The summed E-state index contributed by atoms with van der Waals surface area (Å²) in [5.41, 5.74) is 10.9. The molecule has 0 spiro atoms. The zero-order valence-electron chi connectivity index (χ0n) is 21.3. The molecule has 0 aliphatic rings. The fourth-order valence-corrected chi connectivity index (χ4v) is 4.95. The van der Waals surface area contributed by atoms with Crippen molar-refractivity contribution in [1.82, 2.24) is 4.98 Å². The maximum absolute atomic E-state index is 12.3. The number of nitrogens with two attached hydrogens (primary N) is 1. The SMILES string of the molecule is CNc1oc(-c2ccccc2)c(-c2ccccc2)c1C(N)=NCCc1cnc(NC(=O)Nc2ccccc2)s1. The molecule has 0 aliphatic carbocycles. The molecule has 196 valence electrons. The van der Waals surface area contributed by atoms with Crippen LogP contribution in [0.3, 0.4) is 0 Å². The standard InChI is InChI=1S/C30H28N6O2S/c1-32-28-25(24(20-11-5-2-6-12-20)26(38-28)21-13-7-3-8-14-21)27(31)33-18-17-23-19-34-30(39-23)36-29(37)35-22-15-9-4-10-16-22/h2-16,19,32H,17-18H2,1H3,(H2,31,33)(H2,34,35,36,37). The number of thiazole rings is 1. The van der Waals surface area contributed by atoms with Crippen molar-refractivity contribution in [3.05, 3.63) is 108 Å². The van der Waals surface area contributed by atoms with Gasteiger partial charge in [-0.1, -0.05) is 78.9 Å². The van der Waals surface area contributed by atoms with E-state index >= 15 is 0 Å². The number of aliphatic imine (C=N–C) groups is 1. The Morgan fingerprint density at radius 3 is 2.23 bits per heavy atom. The highest BCUT2D eigenvalue weighted by molar-refractivity contribution is 7.15. The van der Waals surface area contributed by atoms with Gasteiger partial charge in [0.2, 0.25) is 5.88 Å². The molecule has 3 aromatic carbocycles. The molecule has 5 rings (SSSR count). The van der Waals surface area contributed by atoms with Gasteiger partial charge in [0.05, 0.1) is 5.56 Å². The topological polar surface area (TPSA) is 118 Å². The molecule has 0 unspecified atom stereocenters. The number of carbonyl (C=O) groups excluding carboxylic acids is 1. The van der Waals surface area contributed by atoms with Crippen LogP contribution in [0.1, 0.15) is 10.4 Å². The molecule has 39 heavy (non-hydrogen) atoms. The van der Waals surface area contributed by atoms with Crippen molar-refractivity contribution in [2.45, 2.75) is 6.42 Å². The highest BCUT2D eigenvalue weighted by atomic mass is 32.1. The van der Waals surface area contributed by atoms with E-state index in [-0.39, 0.29) is 6.03 Å². The first-order valence-electron chi connectivity index (χ1n) is 12.5. The second kappa shape index (κ2) is 12.1. The van der Waals surface area contributed by atoms with Gasteiger partial charge in [-0.3, -0.25) is 10.3 Å². The molecular formula is C30H28N6O2S. The summed E-state index contributed by atoms with van der Waals surface area (Å²) in [7, 11) is 1.80. The largest absolute Gasteiger partial charge is 0.439 e. The van der Waals surface area contributed by atoms with E-state index < -0.39 is 0 Å². The number of urea groups is 1. The molecule has 2 heterocycles. The number of benzene rings is 3. The summed E-state index contributed by atoms with van der Waals surface area (Å²) >= 11 is 1.40. The molecule has 5 N–H and O–H groups in total. The number of hydrogen-bond acceptors (Lipinski definition) is 6. The van der Waals surface area contributed by atoms with Gasteiger partial charge in [0, 0.05) is 47.9 Å². The maximum atomic E-state index is 12.3. The number of anilines is 3.